The van der Waals surface area contributed by atoms with E-state index < -0.39 is 17.2 Å². The Kier molecular flexibility index (Phi) is 5.89. The van der Waals surface area contributed by atoms with Gasteiger partial charge in [-0.3, -0.25) is 4.79 Å². The number of pyridine rings is 1. The minimum Gasteiger partial charge on any atom is -0.439 e. The first-order chi connectivity index (χ1) is 14.0. The molecule has 3 aromatic rings. The summed E-state index contributed by atoms with van der Waals surface area (Å²) in [4.78, 5) is 16.0. The molecule has 0 fully saturated rings. The molecule has 1 aromatic heterocycles. The molecule has 30 heavy (non-hydrogen) atoms. The van der Waals surface area contributed by atoms with E-state index in [-0.39, 0.29) is 28.7 Å². The number of carbonyl (C=O) groups is 1. The number of hydrogen-bond acceptors (Lipinski definition) is 4. The molecule has 0 unspecified atom stereocenters. The summed E-state index contributed by atoms with van der Waals surface area (Å²) in [5, 5.41) is 1.70. The summed E-state index contributed by atoms with van der Waals surface area (Å²) >= 11 is 0. The number of amides is 1. The third kappa shape index (κ3) is 5.42. The highest BCUT2D eigenvalue weighted by Crippen LogP contribution is 2.33. The van der Waals surface area contributed by atoms with Gasteiger partial charge < -0.3 is 15.8 Å². The average Bonchev–Trinajstić information content (AvgIpc) is 2.67. The van der Waals surface area contributed by atoms with Gasteiger partial charge in [-0.25, -0.2) is 4.98 Å². The van der Waals surface area contributed by atoms with Gasteiger partial charge in [0.25, 0.3) is 5.91 Å². The Balaban J connectivity index is 1.88. The van der Waals surface area contributed by atoms with Gasteiger partial charge in [0.15, 0.2) is 0 Å². The fourth-order valence-electron chi connectivity index (χ4n) is 2.62. The van der Waals surface area contributed by atoms with Crippen molar-refractivity contribution in [1.82, 2.24) is 4.98 Å². The van der Waals surface area contributed by atoms with Gasteiger partial charge in [0.2, 0.25) is 5.88 Å². The maximum atomic E-state index is 13.2. The predicted molar refractivity (Wildman–Crippen MR) is 113 cm³/mol. The quantitative estimate of drug-likeness (QED) is 0.633. The van der Waals surface area contributed by atoms with E-state index in [1.165, 1.54) is 18.2 Å². The van der Waals surface area contributed by atoms with Crippen LogP contribution in [0.15, 0.2) is 66.7 Å². The highest BCUT2D eigenvalue weighted by atomic mass is 19.4. The molecule has 0 saturated carbocycles. The number of halogens is 3. The van der Waals surface area contributed by atoms with Crippen molar-refractivity contribution in [2.45, 2.75) is 11.5 Å². The predicted octanol–water partition coefficient (Wildman–Crippen LogP) is 2.48. The molecule has 152 valence electrons. The van der Waals surface area contributed by atoms with Gasteiger partial charge in [-0.15, -0.1) is 0 Å². The first-order valence-electron chi connectivity index (χ1n) is 9.05. The fourth-order valence-corrected chi connectivity index (χ4v) is 2.62. The molecule has 2 aromatic carbocycles. The largest absolute Gasteiger partial charge is 0.439 e. The van der Waals surface area contributed by atoms with E-state index in [0.29, 0.717) is 5.69 Å². The summed E-state index contributed by atoms with van der Waals surface area (Å²) in [5.41, 5.74) is 5.97. The summed E-state index contributed by atoms with van der Waals surface area (Å²) < 4.78 is 45.3. The normalized spacial score (nSPS) is 11.7. The lowest BCUT2D eigenvalue weighted by molar-refractivity contribution is -0.141. The molecule has 0 saturated heterocycles. The van der Waals surface area contributed by atoms with Crippen LogP contribution in [0, 0.1) is 0 Å². The molecule has 5 nitrogen and oxygen atoms in total. The van der Waals surface area contributed by atoms with Gasteiger partial charge in [-0.05, 0) is 47.3 Å². The molecule has 10 heteroatoms. The van der Waals surface area contributed by atoms with E-state index in [1.807, 2.05) is 6.07 Å². The molecule has 1 amide bonds. The average molecular weight is 411 g/mol. The van der Waals surface area contributed by atoms with Crippen LogP contribution in [0.4, 0.5) is 18.9 Å². The van der Waals surface area contributed by atoms with Gasteiger partial charge in [0.05, 0.1) is 0 Å². The molecule has 0 aliphatic carbocycles. The molecule has 0 aliphatic rings. The number of benzene rings is 2. The number of anilines is 1. The molecule has 0 bridgehead atoms. The molecular weight excluding hydrogens is 393 g/mol. The lowest BCUT2D eigenvalue weighted by Gasteiger charge is -2.21. The number of carbonyl (C=O) groups excluding carboxylic acids is 1. The molecule has 0 atom stereocenters. The SMILES string of the molecule is BC(B)(N)c1cc(Oc2cccc(C(=O)Nc3ccccc3)c2)nc(C(F)(F)F)c1. The second kappa shape index (κ2) is 8.23. The van der Waals surface area contributed by atoms with Crippen molar-refractivity contribution in [3.8, 4) is 11.6 Å². The zero-order valence-corrected chi connectivity index (χ0v) is 16.3. The van der Waals surface area contributed by atoms with Crippen LogP contribution < -0.4 is 15.8 Å². The van der Waals surface area contributed by atoms with Crippen LogP contribution in [0.5, 0.6) is 11.6 Å². The Hall–Kier alpha value is -3.26. The van der Waals surface area contributed by atoms with Crippen LogP contribution in [0.3, 0.4) is 0 Å². The van der Waals surface area contributed by atoms with Crippen LogP contribution in [0.25, 0.3) is 0 Å². The van der Waals surface area contributed by atoms with E-state index in [2.05, 4.69) is 10.3 Å². The van der Waals surface area contributed by atoms with E-state index in [1.54, 1.807) is 52.1 Å². The summed E-state index contributed by atoms with van der Waals surface area (Å²) in [7, 11) is 3.17. The minimum atomic E-state index is -4.66. The standard InChI is InChI=1S/C20H18B2F3N3O2/c21-19(22,26)13-10-16(20(23,24)25)28-17(11-13)30-15-8-4-5-12(9-15)18(29)27-14-6-2-1-3-7-14/h1-11H,21-22,26H2,(H,27,29). The van der Waals surface area contributed by atoms with Gasteiger partial charge in [-0.1, -0.05) is 24.3 Å². The summed E-state index contributed by atoms with van der Waals surface area (Å²) in [5.74, 6) is -0.477. The highest BCUT2D eigenvalue weighted by Gasteiger charge is 2.34. The topological polar surface area (TPSA) is 77.2 Å². The van der Waals surface area contributed by atoms with Crippen LogP contribution in [-0.2, 0) is 11.5 Å². The summed E-state index contributed by atoms with van der Waals surface area (Å²) in [6.45, 7) is 0. The van der Waals surface area contributed by atoms with Crippen LogP contribution >= 0.6 is 0 Å². The number of rotatable bonds is 5. The van der Waals surface area contributed by atoms with Crippen molar-refractivity contribution in [2.24, 2.45) is 5.73 Å². The van der Waals surface area contributed by atoms with Crippen LogP contribution in [-0.4, -0.2) is 26.6 Å². The Labute approximate surface area is 173 Å². The summed E-state index contributed by atoms with van der Waals surface area (Å²) in [6.07, 6.45) is -4.66. The summed E-state index contributed by atoms with van der Waals surface area (Å²) in [6, 6.07) is 17.2. The Morgan fingerprint density at radius 2 is 1.70 bits per heavy atom. The first kappa shape index (κ1) is 21.4. The smallest absolute Gasteiger partial charge is 0.433 e. The number of alkyl halides is 3. The molecule has 3 rings (SSSR count). The Morgan fingerprint density at radius 1 is 1.00 bits per heavy atom. The highest BCUT2D eigenvalue weighted by molar-refractivity contribution is 6.39. The first-order valence-corrected chi connectivity index (χ1v) is 9.05. The van der Waals surface area contributed by atoms with Crippen molar-refractivity contribution in [3.63, 3.8) is 0 Å². The van der Waals surface area contributed by atoms with Crippen molar-refractivity contribution >= 4 is 27.3 Å². The number of nitrogens with zero attached hydrogens (tertiary/aromatic N) is 1. The molecule has 0 radical (unpaired) electrons. The van der Waals surface area contributed by atoms with E-state index in [4.69, 9.17) is 10.5 Å². The molecular formula is C20H18B2F3N3O2. The third-order valence-electron chi connectivity index (χ3n) is 4.19. The minimum absolute atomic E-state index is 0.170. The van der Waals surface area contributed by atoms with E-state index >= 15 is 0 Å². The molecule has 1 heterocycles. The fraction of sp³-hybridized carbons (Fsp3) is 0.100. The van der Waals surface area contributed by atoms with E-state index in [9.17, 15) is 18.0 Å². The van der Waals surface area contributed by atoms with Crippen molar-refractivity contribution in [1.29, 1.82) is 0 Å². The third-order valence-corrected chi connectivity index (χ3v) is 4.19. The zero-order valence-electron chi connectivity index (χ0n) is 16.3. The molecule has 0 aliphatic heterocycles. The van der Waals surface area contributed by atoms with Gasteiger partial charge in [0.1, 0.15) is 27.1 Å². The second-order valence-corrected chi connectivity index (χ2v) is 7.25. The van der Waals surface area contributed by atoms with Crippen LogP contribution in [0.2, 0.25) is 0 Å². The van der Waals surface area contributed by atoms with Gasteiger partial charge in [0, 0.05) is 17.3 Å². The van der Waals surface area contributed by atoms with Crippen LogP contribution in [0.1, 0.15) is 21.6 Å². The monoisotopic (exact) mass is 411 g/mol. The molecule has 0 spiro atoms. The lowest BCUT2D eigenvalue weighted by atomic mass is 9.59. The van der Waals surface area contributed by atoms with Gasteiger partial charge >= 0.3 is 6.18 Å². The second-order valence-electron chi connectivity index (χ2n) is 7.25. The Bertz CT molecular complexity index is 1020. The Morgan fingerprint density at radius 3 is 2.33 bits per heavy atom. The molecule has 3 N–H and O–H groups in total. The number of hydrogen-bond donors (Lipinski definition) is 2. The number of nitrogens with one attached hydrogen (secondary N) is 1. The maximum Gasteiger partial charge on any atom is 0.433 e. The lowest BCUT2D eigenvalue weighted by Crippen LogP contribution is -2.37. The van der Waals surface area contributed by atoms with E-state index in [0.717, 1.165) is 6.07 Å². The number of ether oxygens (including phenoxy) is 1. The van der Waals surface area contributed by atoms with Gasteiger partial charge in [-0.2, -0.15) is 13.2 Å². The zero-order chi connectivity index (χ0) is 21.9. The number of aromatic nitrogens is 1. The van der Waals surface area contributed by atoms with Crippen molar-refractivity contribution in [3.05, 3.63) is 83.6 Å². The van der Waals surface area contributed by atoms with Crippen molar-refractivity contribution < 1.29 is 22.7 Å². The number of nitrogens with two attached hydrogens (primary N) is 1. The maximum absolute atomic E-state index is 13.2. The van der Waals surface area contributed by atoms with Crippen molar-refractivity contribution in [2.75, 3.05) is 5.32 Å². The number of para-hydroxylation sites is 1.